The van der Waals surface area contributed by atoms with Gasteiger partial charge in [-0.2, -0.15) is 5.26 Å². The lowest BCUT2D eigenvalue weighted by molar-refractivity contribution is -0.113. The fraction of sp³-hybridized carbons (Fsp3) is 0.125. The number of hydrogen-bond donors (Lipinski definition) is 0. The summed E-state index contributed by atoms with van der Waals surface area (Å²) in [5, 5.41) is 9.61. The predicted octanol–water partition coefficient (Wildman–Crippen LogP) is 4.66. The second-order valence-corrected chi connectivity index (χ2v) is 6.75. The second-order valence-electron chi connectivity index (χ2n) is 6.75. The van der Waals surface area contributed by atoms with Crippen molar-refractivity contribution in [2.75, 3.05) is 0 Å². The van der Waals surface area contributed by atoms with Gasteiger partial charge in [0.05, 0.1) is 6.04 Å². The summed E-state index contributed by atoms with van der Waals surface area (Å²) in [4.78, 5) is 24.8. The number of rotatable bonds is 7. The summed E-state index contributed by atoms with van der Waals surface area (Å²) in [5.41, 5.74) is 2.30. The van der Waals surface area contributed by atoms with Gasteiger partial charge in [-0.15, -0.1) is 0 Å². The molecule has 0 spiro atoms. The molecule has 0 aliphatic carbocycles. The number of carbonyl (C=O) groups is 2. The first kappa shape index (κ1) is 20.0. The molecule has 3 rings (SSSR count). The van der Waals surface area contributed by atoms with Crippen molar-refractivity contribution in [3.05, 3.63) is 107 Å². The lowest BCUT2D eigenvalue weighted by atomic mass is 9.97. The Balaban J connectivity index is 2.03. The topological polar surface area (TPSA) is 62.9 Å². The number of benzene rings is 2. The zero-order valence-corrected chi connectivity index (χ0v) is 15.9. The highest BCUT2D eigenvalue weighted by molar-refractivity contribution is 5.98. The van der Waals surface area contributed by atoms with Crippen LogP contribution >= 0.6 is 0 Å². The van der Waals surface area contributed by atoms with Crippen LogP contribution in [0, 0.1) is 17.1 Å². The predicted molar refractivity (Wildman–Crippen MR) is 108 cm³/mol. The van der Waals surface area contributed by atoms with E-state index in [0.717, 1.165) is 5.56 Å². The van der Waals surface area contributed by atoms with Crippen molar-refractivity contribution >= 4 is 11.6 Å². The van der Waals surface area contributed by atoms with Gasteiger partial charge in [0, 0.05) is 23.8 Å². The SMILES string of the molecule is C=C(C(C)=O)[C@@H](c1ccc(F)cc1)n1cc(C(=O)Cc2ccccc2)cc1C#N. The van der Waals surface area contributed by atoms with E-state index in [4.69, 9.17) is 0 Å². The molecule has 0 N–H and O–H groups in total. The maximum atomic E-state index is 13.4. The Kier molecular flexibility index (Phi) is 5.85. The minimum absolute atomic E-state index is 0.141. The lowest BCUT2D eigenvalue weighted by Crippen LogP contribution is -2.17. The van der Waals surface area contributed by atoms with Gasteiger partial charge >= 0.3 is 0 Å². The summed E-state index contributed by atoms with van der Waals surface area (Å²) in [7, 11) is 0. The van der Waals surface area contributed by atoms with Gasteiger partial charge in [-0.25, -0.2) is 4.39 Å². The molecule has 0 aliphatic rings. The van der Waals surface area contributed by atoms with Crippen LogP contribution in [-0.2, 0) is 11.2 Å². The molecule has 1 heterocycles. The van der Waals surface area contributed by atoms with Gasteiger partial charge < -0.3 is 4.57 Å². The molecule has 1 aromatic heterocycles. The minimum atomic E-state index is -0.707. The summed E-state index contributed by atoms with van der Waals surface area (Å²) in [5.74, 6) is -0.806. The van der Waals surface area contributed by atoms with Crippen molar-refractivity contribution in [3.8, 4) is 6.07 Å². The van der Waals surface area contributed by atoms with E-state index in [0.29, 0.717) is 11.1 Å². The molecule has 1 atom stereocenters. The van der Waals surface area contributed by atoms with Crippen LogP contribution < -0.4 is 0 Å². The van der Waals surface area contributed by atoms with Crippen LogP contribution in [0.2, 0.25) is 0 Å². The molecule has 0 aliphatic heterocycles. The molecule has 4 nitrogen and oxygen atoms in total. The van der Waals surface area contributed by atoms with E-state index in [-0.39, 0.29) is 29.3 Å². The Labute approximate surface area is 168 Å². The van der Waals surface area contributed by atoms with E-state index in [1.54, 1.807) is 22.9 Å². The monoisotopic (exact) mass is 386 g/mol. The standard InChI is InChI=1S/C24H19FN2O2/c1-16(17(2)28)24(19-8-10-21(25)11-9-19)27-15-20(13-22(27)14-26)23(29)12-18-6-4-3-5-7-18/h3-11,13,15,24H,1,12H2,2H3/t24-/m0/s1. The number of aromatic nitrogens is 1. The Morgan fingerprint density at radius 2 is 1.79 bits per heavy atom. The molecule has 29 heavy (non-hydrogen) atoms. The quantitative estimate of drug-likeness (QED) is 0.438. The van der Waals surface area contributed by atoms with Crippen molar-refractivity contribution in [1.29, 1.82) is 5.26 Å². The summed E-state index contributed by atoms with van der Waals surface area (Å²) >= 11 is 0. The molecule has 0 fully saturated rings. The number of nitriles is 1. The summed E-state index contributed by atoms with van der Waals surface area (Å²) in [6.07, 6.45) is 1.76. The third kappa shape index (κ3) is 4.39. The Morgan fingerprint density at radius 3 is 2.38 bits per heavy atom. The summed E-state index contributed by atoms with van der Waals surface area (Å²) in [6, 6.07) is 17.8. The average Bonchev–Trinajstić information content (AvgIpc) is 3.14. The molecule has 0 unspecified atom stereocenters. The van der Waals surface area contributed by atoms with Gasteiger partial charge in [0.1, 0.15) is 17.6 Å². The van der Waals surface area contributed by atoms with E-state index in [2.05, 4.69) is 12.6 Å². The third-order valence-corrected chi connectivity index (χ3v) is 4.74. The Bertz CT molecular complexity index is 1110. The molecular weight excluding hydrogens is 367 g/mol. The van der Waals surface area contributed by atoms with Gasteiger partial charge in [-0.3, -0.25) is 9.59 Å². The first-order chi connectivity index (χ1) is 13.9. The lowest BCUT2D eigenvalue weighted by Gasteiger charge is -2.21. The molecule has 0 saturated heterocycles. The normalized spacial score (nSPS) is 11.5. The fourth-order valence-corrected chi connectivity index (χ4v) is 3.19. The molecular formula is C24H19FN2O2. The highest BCUT2D eigenvalue weighted by atomic mass is 19.1. The van der Waals surface area contributed by atoms with E-state index in [9.17, 15) is 19.2 Å². The van der Waals surface area contributed by atoms with E-state index >= 15 is 0 Å². The molecule has 2 aromatic carbocycles. The van der Waals surface area contributed by atoms with Crippen LogP contribution in [0.3, 0.4) is 0 Å². The number of ketones is 2. The smallest absolute Gasteiger partial charge is 0.168 e. The van der Waals surface area contributed by atoms with Crippen molar-refractivity contribution < 1.29 is 14.0 Å². The van der Waals surface area contributed by atoms with Gasteiger partial charge in [0.25, 0.3) is 0 Å². The maximum absolute atomic E-state index is 13.4. The molecule has 0 radical (unpaired) electrons. The highest BCUT2D eigenvalue weighted by Crippen LogP contribution is 2.29. The van der Waals surface area contributed by atoms with Crippen molar-refractivity contribution in [2.24, 2.45) is 0 Å². The van der Waals surface area contributed by atoms with Crippen LogP contribution in [0.25, 0.3) is 0 Å². The first-order valence-electron chi connectivity index (χ1n) is 9.05. The Hall–Kier alpha value is -3.78. The van der Waals surface area contributed by atoms with Gasteiger partial charge in [-0.05, 0) is 36.2 Å². The van der Waals surface area contributed by atoms with Crippen LogP contribution in [0.1, 0.15) is 40.1 Å². The number of Topliss-reactive ketones (excluding diaryl/α,β-unsaturated/α-hetero) is 2. The fourth-order valence-electron chi connectivity index (χ4n) is 3.19. The molecule has 0 amide bonds. The highest BCUT2D eigenvalue weighted by Gasteiger charge is 2.24. The molecule has 3 aromatic rings. The average molecular weight is 386 g/mol. The van der Waals surface area contributed by atoms with Crippen LogP contribution in [0.4, 0.5) is 4.39 Å². The molecule has 144 valence electrons. The van der Waals surface area contributed by atoms with Crippen LogP contribution in [0.5, 0.6) is 0 Å². The molecule has 0 bridgehead atoms. The van der Waals surface area contributed by atoms with Crippen molar-refractivity contribution in [2.45, 2.75) is 19.4 Å². The summed E-state index contributed by atoms with van der Waals surface area (Å²) in [6.45, 7) is 5.25. The number of carbonyl (C=O) groups excluding carboxylic acids is 2. The van der Waals surface area contributed by atoms with Crippen molar-refractivity contribution in [1.82, 2.24) is 4.57 Å². The second kappa shape index (κ2) is 8.49. The van der Waals surface area contributed by atoms with Crippen molar-refractivity contribution in [3.63, 3.8) is 0 Å². The zero-order valence-electron chi connectivity index (χ0n) is 15.9. The Morgan fingerprint density at radius 1 is 1.14 bits per heavy atom. The third-order valence-electron chi connectivity index (χ3n) is 4.74. The van der Waals surface area contributed by atoms with E-state index in [1.807, 2.05) is 30.3 Å². The number of halogens is 1. The number of nitrogens with zero attached hydrogens (tertiary/aromatic N) is 2. The van der Waals surface area contributed by atoms with Gasteiger partial charge in [-0.1, -0.05) is 49.0 Å². The molecule has 0 saturated carbocycles. The number of hydrogen-bond acceptors (Lipinski definition) is 3. The zero-order chi connectivity index (χ0) is 21.0. The van der Waals surface area contributed by atoms with Gasteiger partial charge in [0.15, 0.2) is 11.6 Å². The first-order valence-corrected chi connectivity index (χ1v) is 9.05. The van der Waals surface area contributed by atoms with Gasteiger partial charge in [0.2, 0.25) is 0 Å². The van der Waals surface area contributed by atoms with E-state index in [1.165, 1.54) is 25.1 Å². The summed E-state index contributed by atoms with van der Waals surface area (Å²) < 4.78 is 14.9. The van der Waals surface area contributed by atoms with Crippen LogP contribution in [0.15, 0.2) is 79.0 Å². The van der Waals surface area contributed by atoms with E-state index < -0.39 is 11.9 Å². The maximum Gasteiger partial charge on any atom is 0.168 e. The minimum Gasteiger partial charge on any atom is -0.327 e. The molecule has 5 heteroatoms. The van der Waals surface area contributed by atoms with Crippen LogP contribution in [-0.4, -0.2) is 16.1 Å². The number of allylic oxidation sites excluding steroid dienone is 1. The largest absolute Gasteiger partial charge is 0.327 e.